The Labute approximate surface area is 142 Å². The van der Waals surface area contributed by atoms with E-state index in [-0.39, 0.29) is 16.7 Å². The van der Waals surface area contributed by atoms with E-state index in [2.05, 4.69) is 4.72 Å². The van der Waals surface area contributed by atoms with Crippen LogP contribution in [0.1, 0.15) is 31.2 Å². The Hall–Kier alpha value is -1.45. The molecular weight excluding hydrogens is 354 g/mol. The van der Waals surface area contributed by atoms with Crippen molar-refractivity contribution in [3.8, 4) is 0 Å². The SMILES string of the molecule is CS(=O)(=O)Cc1ccc(S(=O)(=O)NC2CCC(C(=O)O)CC2)cc1. The zero-order valence-corrected chi connectivity index (χ0v) is 14.9. The Morgan fingerprint density at radius 2 is 1.62 bits per heavy atom. The van der Waals surface area contributed by atoms with E-state index in [1.54, 1.807) is 0 Å². The van der Waals surface area contributed by atoms with Crippen LogP contribution in [0, 0.1) is 5.92 Å². The molecule has 9 heteroatoms. The summed E-state index contributed by atoms with van der Waals surface area (Å²) >= 11 is 0. The molecule has 0 saturated heterocycles. The molecule has 1 aliphatic rings. The number of sulfone groups is 1. The van der Waals surface area contributed by atoms with Crippen molar-refractivity contribution in [3.63, 3.8) is 0 Å². The van der Waals surface area contributed by atoms with Gasteiger partial charge in [-0.1, -0.05) is 12.1 Å². The Morgan fingerprint density at radius 3 is 2.08 bits per heavy atom. The molecule has 0 heterocycles. The van der Waals surface area contributed by atoms with Gasteiger partial charge >= 0.3 is 5.97 Å². The minimum Gasteiger partial charge on any atom is -0.481 e. The fraction of sp³-hybridized carbons (Fsp3) is 0.533. The molecule has 1 aliphatic carbocycles. The molecule has 1 aromatic carbocycles. The maximum atomic E-state index is 12.4. The zero-order valence-electron chi connectivity index (χ0n) is 13.3. The van der Waals surface area contributed by atoms with Crippen LogP contribution < -0.4 is 4.72 Å². The summed E-state index contributed by atoms with van der Waals surface area (Å²) in [5, 5.41) is 8.96. The predicted octanol–water partition coefficient (Wildman–Crippen LogP) is 1.15. The Kier molecular flexibility index (Phi) is 5.67. The summed E-state index contributed by atoms with van der Waals surface area (Å²) in [6, 6.07) is 5.45. The minimum atomic E-state index is -3.70. The zero-order chi connectivity index (χ0) is 18.0. The van der Waals surface area contributed by atoms with Crippen LogP contribution in [-0.2, 0) is 30.4 Å². The number of carbonyl (C=O) groups is 1. The molecule has 0 amide bonds. The molecular formula is C15H21NO6S2. The summed E-state index contributed by atoms with van der Waals surface area (Å²) in [5.74, 6) is -1.38. The van der Waals surface area contributed by atoms with E-state index in [1.165, 1.54) is 24.3 Å². The second kappa shape index (κ2) is 7.20. The normalized spacial score (nSPS) is 22.2. The van der Waals surface area contributed by atoms with Gasteiger partial charge in [0.25, 0.3) is 0 Å². The summed E-state index contributed by atoms with van der Waals surface area (Å²) in [6.07, 6.45) is 3.00. The molecule has 0 aliphatic heterocycles. The molecule has 1 fully saturated rings. The third kappa shape index (κ3) is 5.29. The standard InChI is InChI=1S/C15H21NO6S2/c1-23(19,20)10-11-2-8-14(9-3-11)24(21,22)16-13-6-4-12(5-7-13)15(17)18/h2-3,8-9,12-13,16H,4-7,10H2,1H3,(H,17,18). The summed E-state index contributed by atoms with van der Waals surface area (Å²) in [7, 11) is -6.88. The number of hydrogen-bond donors (Lipinski definition) is 2. The summed E-state index contributed by atoms with van der Waals surface area (Å²) < 4.78 is 49.8. The second-order valence-corrected chi connectivity index (χ2v) is 10.1. The van der Waals surface area contributed by atoms with Crippen molar-refractivity contribution in [2.45, 2.75) is 42.4 Å². The molecule has 24 heavy (non-hydrogen) atoms. The van der Waals surface area contributed by atoms with Gasteiger partial charge in [-0.25, -0.2) is 21.6 Å². The van der Waals surface area contributed by atoms with Gasteiger partial charge in [-0.3, -0.25) is 4.79 Å². The average molecular weight is 375 g/mol. The number of rotatable bonds is 6. The number of hydrogen-bond acceptors (Lipinski definition) is 5. The molecule has 0 atom stereocenters. The Balaban J connectivity index is 2.02. The van der Waals surface area contributed by atoms with Crippen LogP contribution in [0.5, 0.6) is 0 Å². The summed E-state index contributed by atoms with van der Waals surface area (Å²) in [4.78, 5) is 11.0. The van der Waals surface area contributed by atoms with Gasteiger partial charge in [-0.05, 0) is 43.4 Å². The van der Waals surface area contributed by atoms with Gasteiger partial charge in [0.05, 0.1) is 16.6 Å². The van der Waals surface area contributed by atoms with Crippen LogP contribution in [0.3, 0.4) is 0 Å². The number of carboxylic acid groups (broad SMARTS) is 1. The van der Waals surface area contributed by atoms with Crippen LogP contribution >= 0.6 is 0 Å². The molecule has 134 valence electrons. The van der Waals surface area contributed by atoms with Crippen molar-refractivity contribution in [2.75, 3.05) is 6.26 Å². The molecule has 0 unspecified atom stereocenters. The first kappa shape index (κ1) is 18.9. The van der Waals surface area contributed by atoms with E-state index in [0.717, 1.165) is 6.26 Å². The van der Waals surface area contributed by atoms with Crippen molar-refractivity contribution in [1.29, 1.82) is 0 Å². The lowest BCUT2D eigenvalue weighted by Crippen LogP contribution is -2.38. The van der Waals surface area contributed by atoms with E-state index in [1.807, 2.05) is 0 Å². The average Bonchev–Trinajstić information content (AvgIpc) is 2.46. The van der Waals surface area contributed by atoms with Crippen molar-refractivity contribution in [3.05, 3.63) is 29.8 Å². The lowest BCUT2D eigenvalue weighted by molar-refractivity contribution is -0.142. The van der Waals surface area contributed by atoms with Crippen LogP contribution in [0.15, 0.2) is 29.2 Å². The van der Waals surface area contributed by atoms with Crippen LogP contribution in [0.4, 0.5) is 0 Å². The fourth-order valence-corrected chi connectivity index (χ4v) is 4.92. The highest BCUT2D eigenvalue weighted by Gasteiger charge is 2.28. The molecule has 2 rings (SSSR count). The summed E-state index contributed by atoms with van der Waals surface area (Å²) in [6.45, 7) is 0. The number of sulfonamides is 1. The first-order valence-corrected chi connectivity index (χ1v) is 11.1. The van der Waals surface area contributed by atoms with Crippen molar-refractivity contribution >= 4 is 25.8 Å². The van der Waals surface area contributed by atoms with Gasteiger partial charge < -0.3 is 5.11 Å². The van der Waals surface area contributed by atoms with Gasteiger partial charge in [0.15, 0.2) is 9.84 Å². The van der Waals surface area contributed by atoms with E-state index >= 15 is 0 Å². The van der Waals surface area contributed by atoms with E-state index in [9.17, 15) is 21.6 Å². The fourth-order valence-electron chi connectivity index (χ4n) is 2.81. The Bertz CT molecular complexity index is 791. The molecule has 0 bridgehead atoms. The maximum Gasteiger partial charge on any atom is 0.306 e. The third-order valence-electron chi connectivity index (χ3n) is 4.06. The molecule has 0 spiro atoms. The molecule has 2 N–H and O–H groups in total. The molecule has 1 aromatic rings. The number of nitrogens with one attached hydrogen (secondary N) is 1. The summed E-state index contributed by atoms with van der Waals surface area (Å²) in [5.41, 5.74) is 0.526. The van der Waals surface area contributed by atoms with E-state index < -0.39 is 31.7 Å². The van der Waals surface area contributed by atoms with Gasteiger partial charge in [0.2, 0.25) is 10.0 Å². The quantitative estimate of drug-likeness (QED) is 0.770. The van der Waals surface area contributed by atoms with Gasteiger partial charge in [0, 0.05) is 12.3 Å². The molecule has 0 aromatic heterocycles. The first-order valence-electron chi connectivity index (χ1n) is 7.58. The predicted molar refractivity (Wildman–Crippen MR) is 88.7 cm³/mol. The largest absolute Gasteiger partial charge is 0.481 e. The highest BCUT2D eigenvalue weighted by molar-refractivity contribution is 7.90. The molecule has 1 saturated carbocycles. The first-order chi connectivity index (χ1) is 11.1. The third-order valence-corrected chi connectivity index (χ3v) is 6.45. The lowest BCUT2D eigenvalue weighted by Gasteiger charge is -2.26. The maximum absolute atomic E-state index is 12.4. The smallest absolute Gasteiger partial charge is 0.306 e. The van der Waals surface area contributed by atoms with Crippen molar-refractivity contribution < 1.29 is 26.7 Å². The van der Waals surface area contributed by atoms with Crippen molar-refractivity contribution in [2.24, 2.45) is 5.92 Å². The molecule has 0 radical (unpaired) electrons. The lowest BCUT2D eigenvalue weighted by atomic mass is 9.87. The molecule has 7 nitrogen and oxygen atoms in total. The highest BCUT2D eigenvalue weighted by atomic mass is 32.2. The van der Waals surface area contributed by atoms with Crippen LogP contribution in [0.2, 0.25) is 0 Å². The minimum absolute atomic E-state index is 0.0695. The number of aliphatic carboxylic acids is 1. The van der Waals surface area contributed by atoms with Gasteiger partial charge in [-0.2, -0.15) is 0 Å². The Morgan fingerprint density at radius 1 is 1.08 bits per heavy atom. The topological polar surface area (TPSA) is 118 Å². The van der Waals surface area contributed by atoms with E-state index in [4.69, 9.17) is 5.11 Å². The monoisotopic (exact) mass is 375 g/mol. The van der Waals surface area contributed by atoms with Gasteiger partial charge in [0.1, 0.15) is 0 Å². The number of benzene rings is 1. The number of carboxylic acids is 1. The van der Waals surface area contributed by atoms with E-state index in [0.29, 0.717) is 31.2 Å². The van der Waals surface area contributed by atoms with Crippen LogP contribution in [0.25, 0.3) is 0 Å². The van der Waals surface area contributed by atoms with Crippen LogP contribution in [-0.4, -0.2) is 40.2 Å². The van der Waals surface area contributed by atoms with Gasteiger partial charge in [-0.15, -0.1) is 0 Å². The highest BCUT2D eigenvalue weighted by Crippen LogP contribution is 2.25. The van der Waals surface area contributed by atoms with Crippen molar-refractivity contribution in [1.82, 2.24) is 4.72 Å². The second-order valence-electron chi connectivity index (χ2n) is 6.22.